The van der Waals surface area contributed by atoms with Crippen molar-refractivity contribution in [2.24, 2.45) is 0 Å². The monoisotopic (exact) mass is 626 g/mol. The first-order chi connectivity index (χ1) is 22.6. The van der Waals surface area contributed by atoms with E-state index in [1.807, 2.05) is 36.4 Å². The number of carbonyl (C=O) groups is 2. The molecule has 0 aliphatic heterocycles. The van der Waals surface area contributed by atoms with Crippen LogP contribution in [0.3, 0.4) is 0 Å². The number of anilines is 2. The number of ketones is 2. The van der Waals surface area contributed by atoms with E-state index in [0.717, 1.165) is 45.9 Å². The second kappa shape index (κ2) is 12.8. The van der Waals surface area contributed by atoms with Crippen LogP contribution in [0.5, 0.6) is 11.5 Å². The van der Waals surface area contributed by atoms with Crippen LogP contribution in [-0.2, 0) is 16.0 Å². The van der Waals surface area contributed by atoms with E-state index in [1.54, 1.807) is 48.5 Å². The maximum Gasteiger partial charge on any atom is 0.185 e. The molecule has 0 amide bonds. The second-order valence-electron chi connectivity index (χ2n) is 12.0. The van der Waals surface area contributed by atoms with Crippen molar-refractivity contribution < 1.29 is 30.0 Å². The van der Waals surface area contributed by atoms with Gasteiger partial charge in [-0.15, -0.1) is 0 Å². The molecule has 2 aliphatic carbocycles. The summed E-state index contributed by atoms with van der Waals surface area (Å²) in [6, 6.07) is 24.7. The van der Waals surface area contributed by atoms with Crippen molar-refractivity contribution in [1.82, 2.24) is 0 Å². The number of carbonyl (C=O) groups excluding carboxylic acids is 2. The Kier molecular flexibility index (Phi) is 8.42. The van der Waals surface area contributed by atoms with Crippen molar-refractivity contribution in [3.63, 3.8) is 0 Å². The zero-order chi connectivity index (χ0) is 33.2. The van der Waals surface area contributed by atoms with Crippen LogP contribution in [0.2, 0.25) is 0 Å². The minimum absolute atomic E-state index is 0.00345. The number of benzene rings is 4. The molecule has 0 saturated heterocycles. The first kappa shape index (κ1) is 31.0. The van der Waals surface area contributed by atoms with Crippen LogP contribution in [0, 0.1) is 0 Å². The molecule has 47 heavy (non-hydrogen) atoms. The molecule has 0 heterocycles. The van der Waals surface area contributed by atoms with Crippen molar-refractivity contribution in [3.05, 3.63) is 154 Å². The van der Waals surface area contributed by atoms with E-state index in [4.69, 9.17) is 11.5 Å². The molecule has 0 radical (unpaired) electrons. The lowest BCUT2D eigenvalue weighted by Crippen LogP contribution is -2.17. The van der Waals surface area contributed by atoms with E-state index in [2.05, 4.69) is 0 Å². The molecule has 0 aromatic heterocycles. The number of aromatic hydroxyl groups is 2. The number of nitrogens with two attached hydrogens (primary N) is 2. The fourth-order valence-electron chi connectivity index (χ4n) is 6.48. The Hall–Kier alpha value is -6.02. The molecule has 8 heteroatoms. The zero-order valence-corrected chi connectivity index (χ0v) is 25.4. The number of hydrogen-bond donors (Lipinski definition) is 6. The van der Waals surface area contributed by atoms with Gasteiger partial charge in [-0.3, -0.25) is 9.59 Å². The van der Waals surface area contributed by atoms with Gasteiger partial charge in [-0.2, -0.15) is 0 Å². The van der Waals surface area contributed by atoms with E-state index in [-0.39, 0.29) is 34.2 Å². The standard InChI is InChI=1S/C39H34N2O6/c40-28-7-3-24(4-8-28)26-16-30(34(20-42)38(46)18-26)32-14-22(1-11-36(32)44)13-23-2-12-37(45)33(15-23)31-17-27(19-39(47)35(31)21-43)25-5-9-29(41)10-6-25/h1-12,14-15,18-21,30-31,42-45H,13,16-17,40-41H2/b34-20-,35-21-. The van der Waals surface area contributed by atoms with E-state index < -0.39 is 11.8 Å². The summed E-state index contributed by atoms with van der Waals surface area (Å²) in [6.07, 6.45) is 5.78. The van der Waals surface area contributed by atoms with E-state index in [0.29, 0.717) is 41.8 Å². The van der Waals surface area contributed by atoms with Crippen LogP contribution in [0.25, 0.3) is 11.1 Å². The van der Waals surface area contributed by atoms with Crippen LogP contribution in [0.15, 0.2) is 121 Å². The number of aliphatic hydroxyl groups is 2. The molecule has 8 N–H and O–H groups in total. The Labute approximate surface area is 271 Å². The highest BCUT2D eigenvalue weighted by Crippen LogP contribution is 2.44. The SMILES string of the molecule is Nc1ccc(C2=CC(=O)/C(=C\O)C(c3cc(Cc4ccc(O)c(C5CC(c6ccc(N)cc6)=CC(=O)/C5=C\O)c4)ccc3O)C2)cc1. The summed E-state index contributed by atoms with van der Waals surface area (Å²) in [6.45, 7) is 0. The minimum Gasteiger partial charge on any atom is -0.515 e. The summed E-state index contributed by atoms with van der Waals surface area (Å²) in [7, 11) is 0. The lowest BCUT2D eigenvalue weighted by atomic mass is 9.76. The molecule has 2 unspecified atom stereocenters. The van der Waals surface area contributed by atoms with Crippen LogP contribution >= 0.6 is 0 Å². The molecular weight excluding hydrogens is 592 g/mol. The molecule has 0 saturated carbocycles. The van der Waals surface area contributed by atoms with Crippen LogP contribution in [-0.4, -0.2) is 32.0 Å². The first-order valence-corrected chi connectivity index (χ1v) is 15.2. The fourth-order valence-corrected chi connectivity index (χ4v) is 6.48. The second-order valence-corrected chi connectivity index (χ2v) is 12.0. The summed E-state index contributed by atoms with van der Waals surface area (Å²) < 4.78 is 0. The maximum absolute atomic E-state index is 13.1. The third kappa shape index (κ3) is 6.26. The number of rotatable bonds is 6. The van der Waals surface area contributed by atoms with Gasteiger partial charge < -0.3 is 31.9 Å². The van der Waals surface area contributed by atoms with Gasteiger partial charge in [-0.25, -0.2) is 0 Å². The van der Waals surface area contributed by atoms with Crippen LogP contribution in [0.4, 0.5) is 11.4 Å². The fraction of sp³-hybridized carbons (Fsp3) is 0.128. The van der Waals surface area contributed by atoms with E-state index in [1.165, 1.54) is 12.2 Å². The van der Waals surface area contributed by atoms with Gasteiger partial charge in [-0.1, -0.05) is 48.5 Å². The van der Waals surface area contributed by atoms with Gasteiger partial charge in [0.1, 0.15) is 11.5 Å². The molecule has 236 valence electrons. The van der Waals surface area contributed by atoms with Crippen LogP contribution < -0.4 is 11.5 Å². The summed E-state index contributed by atoms with van der Waals surface area (Å²) in [5.41, 5.74) is 19.1. The van der Waals surface area contributed by atoms with Crippen molar-refractivity contribution in [2.45, 2.75) is 31.1 Å². The lowest BCUT2D eigenvalue weighted by molar-refractivity contribution is -0.112. The smallest absolute Gasteiger partial charge is 0.185 e. The Morgan fingerprint density at radius 2 is 0.979 bits per heavy atom. The molecule has 6 rings (SSSR count). The Morgan fingerprint density at radius 3 is 1.34 bits per heavy atom. The number of allylic oxidation sites excluding steroid dienone is 6. The Balaban J connectivity index is 1.31. The van der Waals surface area contributed by atoms with Gasteiger partial charge in [0.15, 0.2) is 11.6 Å². The molecule has 4 aromatic carbocycles. The molecule has 0 spiro atoms. The summed E-state index contributed by atoms with van der Waals surface area (Å²) in [4.78, 5) is 26.2. The van der Waals surface area contributed by atoms with Gasteiger partial charge in [-0.05, 0) is 101 Å². The topological polar surface area (TPSA) is 167 Å². The number of aliphatic hydroxyl groups excluding tert-OH is 2. The zero-order valence-electron chi connectivity index (χ0n) is 25.4. The highest BCUT2D eigenvalue weighted by molar-refractivity contribution is 6.12. The third-order valence-electron chi connectivity index (χ3n) is 8.96. The van der Waals surface area contributed by atoms with Crippen molar-refractivity contribution in [3.8, 4) is 11.5 Å². The predicted octanol–water partition coefficient (Wildman–Crippen LogP) is 7.02. The normalized spacial score (nSPS) is 19.9. The van der Waals surface area contributed by atoms with E-state index in [9.17, 15) is 30.0 Å². The number of phenols is 2. The van der Waals surface area contributed by atoms with Gasteiger partial charge in [0, 0.05) is 45.5 Å². The van der Waals surface area contributed by atoms with Crippen molar-refractivity contribution in [2.75, 3.05) is 11.5 Å². The predicted molar refractivity (Wildman–Crippen MR) is 183 cm³/mol. The molecule has 2 atom stereocenters. The van der Waals surface area contributed by atoms with Gasteiger partial charge in [0.2, 0.25) is 0 Å². The number of nitrogen functional groups attached to an aromatic ring is 2. The average molecular weight is 627 g/mol. The third-order valence-corrected chi connectivity index (χ3v) is 8.96. The average Bonchev–Trinajstić information content (AvgIpc) is 3.06. The van der Waals surface area contributed by atoms with Gasteiger partial charge in [0.25, 0.3) is 0 Å². The largest absolute Gasteiger partial charge is 0.515 e. The molecule has 0 bridgehead atoms. The summed E-state index contributed by atoms with van der Waals surface area (Å²) in [5.74, 6) is -1.88. The molecule has 8 nitrogen and oxygen atoms in total. The molecule has 4 aromatic rings. The lowest BCUT2D eigenvalue weighted by Gasteiger charge is -2.26. The van der Waals surface area contributed by atoms with Gasteiger partial charge in [0.05, 0.1) is 12.5 Å². The molecule has 0 fully saturated rings. The summed E-state index contributed by atoms with van der Waals surface area (Å²) >= 11 is 0. The Morgan fingerprint density at radius 1 is 0.596 bits per heavy atom. The first-order valence-electron chi connectivity index (χ1n) is 15.2. The molecule has 2 aliphatic rings. The number of phenolic OH excluding ortho intramolecular Hbond substituents is 2. The maximum atomic E-state index is 13.1. The highest BCUT2D eigenvalue weighted by atomic mass is 16.3. The Bertz CT molecular complexity index is 1860. The number of hydrogen-bond acceptors (Lipinski definition) is 8. The van der Waals surface area contributed by atoms with E-state index >= 15 is 0 Å². The van der Waals surface area contributed by atoms with Crippen LogP contribution in [0.1, 0.15) is 58.1 Å². The van der Waals surface area contributed by atoms with Gasteiger partial charge >= 0.3 is 0 Å². The quantitative estimate of drug-likeness (QED) is 0.0754. The van der Waals surface area contributed by atoms with Crippen molar-refractivity contribution in [1.29, 1.82) is 0 Å². The summed E-state index contributed by atoms with van der Waals surface area (Å²) in [5, 5.41) is 42.0. The molecular formula is C39H34N2O6. The minimum atomic E-state index is -0.593. The van der Waals surface area contributed by atoms with Crippen molar-refractivity contribution >= 4 is 34.1 Å². The highest BCUT2D eigenvalue weighted by Gasteiger charge is 2.32.